The SMILES string of the molecule is [Be][P](=O)=O.[Li]. The van der Waals surface area contributed by atoms with Crippen LogP contribution in [-0.2, 0) is 9.13 Å². The van der Waals surface area contributed by atoms with E-state index in [1.807, 2.05) is 0 Å². The van der Waals surface area contributed by atoms with Crippen molar-refractivity contribution in [2.24, 2.45) is 0 Å². The van der Waals surface area contributed by atoms with E-state index in [1.165, 1.54) is 0 Å². The van der Waals surface area contributed by atoms with Gasteiger partial charge in [0.2, 0.25) is 0 Å². The van der Waals surface area contributed by atoms with Gasteiger partial charge >= 0.3 is 25.6 Å². The largest absolute Gasteiger partial charge is 0 e. The molecular formula is BeLiO2P. The molecule has 0 aliphatic carbocycles. The average molecular weight is 78.9 g/mol. The van der Waals surface area contributed by atoms with Gasteiger partial charge in [0.25, 0.3) is 0 Å². The molecule has 0 unspecified atom stereocenters. The summed E-state index contributed by atoms with van der Waals surface area (Å²) < 4.78 is 17.9. The van der Waals surface area contributed by atoms with Crippen LogP contribution in [0.5, 0.6) is 0 Å². The Kier molecular flexibility index (Phi) is 8.57. The third-order valence-corrected chi connectivity index (χ3v) is 0. The predicted octanol–water partition coefficient (Wildman–Crippen LogP) is -0.138. The van der Waals surface area contributed by atoms with Gasteiger partial charge in [-0.05, 0) is 0 Å². The van der Waals surface area contributed by atoms with E-state index in [0.29, 0.717) is 0 Å². The van der Waals surface area contributed by atoms with Gasteiger partial charge in [-0.2, -0.15) is 0 Å². The number of hydrogen-bond donors (Lipinski definition) is 0. The van der Waals surface area contributed by atoms with Crippen molar-refractivity contribution in [3.05, 3.63) is 0 Å². The molecule has 2 radical (unpaired) electrons. The Morgan fingerprint density at radius 2 is 1.40 bits per heavy atom. The van der Waals surface area contributed by atoms with E-state index in [-0.39, 0.29) is 18.9 Å². The first-order chi connectivity index (χ1) is 1.73. The number of hydrogen-bond acceptors (Lipinski definition) is 2. The monoisotopic (exact) mass is 79.0 g/mol. The third-order valence-electron chi connectivity index (χ3n) is 0. The molecule has 0 aliphatic heterocycles. The third kappa shape index (κ3) is 74.7. The molecule has 0 saturated heterocycles. The van der Waals surface area contributed by atoms with Crippen LogP contribution in [0.15, 0.2) is 0 Å². The van der Waals surface area contributed by atoms with Crippen LogP contribution in [0.2, 0.25) is 0 Å². The Bertz CT molecular complexity index is 58.0. The van der Waals surface area contributed by atoms with Gasteiger partial charge in [0.05, 0.1) is 0 Å². The minimum Gasteiger partial charge on any atom is 0 e. The van der Waals surface area contributed by atoms with Crippen molar-refractivity contribution in [3.63, 3.8) is 0 Å². The van der Waals surface area contributed by atoms with Crippen LogP contribution in [0, 0.1) is 0 Å². The van der Waals surface area contributed by atoms with Gasteiger partial charge in [-0.3, -0.25) is 0 Å². The van der Waals surface area contributed by atoms with Crippen LogP contribution in [0.4, 0.5) is 0 Å². The molecule has 0 aromatic carbocycles. The summed E-state index contributed by atoms with van der Waals surface area (Å²) in [7, 11) is 0.222. The first-order valence-electron chi connectivity index (χ1n) is 0.681. The fourth-order valence-electron chi connectivity index (χ4n) is 0. The molecule has 0 aromatic rings. The van der Waals surface area contributed by atoms with Crippen molar-refractivity contribution in [2.75, 3.05) is 0 Å². The van der Waals surface area contributed by atoms with E-state index in [1.54, 1.807) is 0 Å². The van der Waals surface area contributed by atoms with Crippen LogP contribution in [0.1, 0.15) is 0 Å². The zero-order valence-electron chi connectivity index (χ0n) is 2.97. The molecule has 0 saturated carbocycles. The summed E-state index contributed by atoms with van der Waals surface area (Å²) in [6, 6.07) is 0. The van der Waals surface area contributed by atoms with Gasteiger partial charge < -0.3 is 0 Å². The maximum Gasteiger partial charge on any atom is 0 e. The van der Waals surface area contributed by atoms with Crippen LogP contribution in [-0.4, -0.2) is 28.0 Å². The summed E-state index contributed by atoms with van der Waals surface area (Å²) >= 11 is 0. The Hall–Kier alpha value is 0.666. The standard InChI is InChI=1S/Be.Li.O2P/c;;1-3-2. The molecule has 0 atom stereocenters. The maximum atomic E-state index is 8.93. The van der Waals surface area contributed by atoms with E-state index in [0.717, 1.165) is 0 Å². The van der Waals surface area contributed by atoms with Gasteiger partial charge in [-0.15, -0.1) is 0 Å². The van der Waals surface area contributed by atoms with Gasteiger partial charge in [0.1, 0.15) is 0 Å². The molecule has 0 fully saturated rings. The van der Waals surface area contributed by atoms with E-state index in [2.05, 4.69) is 9.13 Å². The molecule has 0 rings (SSSR count). The van der Waals surface area contributed by atoms with Crippen LogP contribution in [0.3, 0.4) is 0 Å². The molecular weight excluding hydrogens is 78.9 g/mol. The topological polar surface area (TPSA) is 34.1 Å². The van der Waals surface area contributed by atoms with Crippen LogP contribution >= 0.6 is 7.34 Å². The fraction of sp³-hybridized carbons (Fsp3) is 0. The minimum absolute atomic E-state index is 0. The zero-order chi connectivity index (χ0) is 3.58. The van der Waals surface area contributed by atoms with E-state index >= 15 is 0 Å². The summed E-state index contributed by atoms with van der Waals surface area (Å²) in [6.07, 6.45) is 0. The minimum atomic E-state index is -2.37. The quantitative estimate of drug-likeness (QED) is 0.299. The van der Waals surface area contributed by atoms with Crippen LogP contribution < -0.4 is 0 Å². The normalized spacial score (nSPS) is 4.60. The molecule has 0 spiro atoms. The average Bonchev–Trinajstić information content (AvgIpc) is 0.811. The van der Waals surface area contributed by atoms with Crippen molar-refractivity contribution >= 4 is 35.3 Å². The molecule has 0 heterocycles. The van der Waals surface area contributed by atoms with E-state index in [4.69, 9.17) is 9.13 Å². The summed E-state index contributed by atoms with van der Waals surface area (Å²) in [6.45, 7) is 0. The fourth-order valence-corrected chi connectivity index (χ4v) is 0. The smallest absolute Gasteiger partial charge is 0 e. The van der Waals surface area contributed by atoms with Crippen molar-refractivity contribution in [1.82, 2.24) is 0 Å². The number of rotatable bonds is 0. The van der Waals surface area contributed by atoms with E-state index < -0.39 is 7.34 Å². The Morgan fingerprint density at radius 3 is 1.40 bits per heavy atom. The molecule has 0 N–H and O–H groups in total. The summed E-state index contributed by atoms with van der Waals surface area (Å²) in [5.74, 6) is 0. The van der Waals surface area contributed by atoms with Crippen molar-refractivity contribution in [3.8, 4) is 0 Å². The Morgan fingerprint density at radius 1 is 1.40 bits per heavy atom. The van der Waals surface area contributed by atoms with Gasteiger partial charge in [0, 0.05) is 18.9 Å². The second-order valence-electron chi connectivity index (χ2n) is 0.333. The Balaban J connectivity index is 0. The van der Waals surface area contributed by atoms with E-state index in [9.17, 15) is 0 Å². The summed E-state index contributed by atoms with van der Waals surface area (Å²) in [5.41, 5.74) is 0. The second-order valence-corrected chi connectivity index (χ2v) is 0.998. The summed E-state index contributed by atoms with van der Waals surface area (Å²) in [5, 5.41) is 0. The summed E-state index contributed by atoms with van der Waals surface area (Å²) in [4.78, 5) is 0. The molecule has 0 bridgehead atoms. The second kappa shape index (κ2) is 4.67. The molecule has 20 valence electrons. The van der Waals surface area contributed by atoms with Crippen molar-refractivity contribution < 1.29 is 9.13 Å². The molecule has 0 amide bonds. The maximum absolute atomic E-state index is 8.93. The van der Waals surface area contributed by atoms with Crippen molar-refractivity contribution in [1.29, 1.82) is 0 Å². The molecule has 0 aliphatic rings. The van der Waals surface area contributed by atoms with Gasteiger partial charge in [-0.1, -0.05) is 0 Å². The molecule has 5 heteroatoms. The first-order valence-corrected chi connectivity index (χ1v) is 2.04. The molecule has 2 nitrogen and oxygen atoms in total. The molecule has 0 aromatic heterocycles. The van der Waals surface area contributed by atoms with Gasteiger partial charge in [0.15, 0.2) is 0 Å². The van der Waals surface area contributed by atoms with Crippen LogP contribution in [0.25, 0.3) is 0 Å². The Labute approximate surface area is 45.0 Å². The first kappa shape index (κ1) is 9.18. The zero-order valence-corrected chi connectivity index (χ0v) is 3.87. The molecule has 5 heavy (non-hydrogen) atoms. The predicted molar refractivity (Wildman–Crippen MR) is 19.8 cm³/mol. The van der Waals surface area contributed by atoms with Crippen molar-refractivity contribution in [2.45, 2.75) is 0 Å². The van der Waals surface area contributed by atoms with Gasteiger partial charge in [-0.25, -0.2) is 0 Å².